The minimum atomic E-state index is -3.14. The van der Waals surface area contributed by atoms with Gasteiger partial charge in [0.15, 0.2) is 6.29 Å². The highest BCUT2D eigenvalue weighted by Gasteiger charge is 2.24. The van der Waals surface area contributed by atoms with Crippen LogP contribution in [0.5, 0.6) is 0 Å². The summed E-state index contributed by atoms with van der Waals surface area (Å²) in [7, 11) is -3.14. The molecule has 3 N–H and O–H groups in total. The normalized spacial score (nSPS) is 12.4. The molecular formula is C14H20NO5P. The van der Waals surface area contributed by atoms with Crippen molar-refractivity contribution in [2.75, 3.05) is 13.2 Å². The summed E-state index contributed by atoms with van der Waals surface area (Å²) in [5.74, 6) is 0. The van der Waals surface area contributed by atoms with E-state index in [-0.39, 0.29) is 6.16 Å². The van der Waals surface area contributed by atoms with Crippen LogP contribution in [0.4, 0.5) is 0 Å². The van der Waals surface area contributed by atoms with Gasteiger partial charge in [0.25, 0.3) is 0 Å². The second kappa shape index (κ2) is 6.73. The SMILES string of the molecule is CCOP(=O)(Cc1ccc2[nH]c(C(O)O)cc2c1)OCC. The van der Waals surface area contributed by atoms with Crippen LogP contribution < -0.4 is 0 Å². The maximum absolute atomic E-state index is 12.5. The van der Waals surface area contributed by atoms with Gasteiger partial charge in [-0.05, 0) is 37.6 Å². The van der Waals surface area contributed by atoms with Crippen molar-refractivity contribution in [1.29, 1.82) is 0 Å². The quantitative estimate of drug-likeness (QED) is 0.540. The number of hydrogen-bond acceptors (Lipinski definition) is 5. The van der Waals surface area contributed by atoms with E-state index < -0.39 is 13.9 Å². The lowest BCUT2D eigenvalue weighted by molar-refractivity contribution is -0.0453. The van der Waals surface area contributed by atoms with Crippen LogP contribution in [0.2, 0.25) is 0 Å². The van der Waals surface area contributed by atoms with Gasteiger partial charge in [-0.1, -0.05) is 6.07 Å². The summed E-state index contributed by atoms with van der Waals surface area (Å²) in [6.07, 6.45) is -1.36. The van der Waals surface area contributed by atoms with E-state index in [1.165, 1.54) is 0 Å². The third-order valence-electron chi connectivity index (χ3n) is 3.01. The van der Waals surface area contributed by atoms with Crippen molar-refractivity contribution in [3.05, 3.63) is 35.5 Å². The van der Waals surface area contributed by atoms with E-state index in [1.807, 2.05) is 12.1 Å². The molecule has 2 rings (SSSR count). The number of benzene rings is 1. The predicted molar refractivity (Wildman–Crippen MR) is 80.0 cm³/mol. The monoisotopic (exact) mass is 313 g/mol. The van der Waals surface area contributed by atoms with Crippen molar-refractivity contribution in [3.63, 3.8) is 0 Å². The molecule has 7 heteroatoms. The van der Waals surface area contributed by atoms with E-state index in [2.05, 4.69) is 4.98 Å². The highest BCUT2D eigenvalue weighted by atomic mass is 31.2. The Morgan fingerprint density at radius 3 is 2.43 bits per heavy atom. The summed E-state index contributed by atoms with van der Waals surface area (Å²) in [5.41, 5.74) is 1.91. The topological polar surface area (TPSA) is 91.8 Å². The van der Waals surface area contributed by atoms with Gasteiger partial charge in [0.2, 0.25) is 0 Å². The van der Waals surface area contributed by atoms with Crippen molar-refractivity contribution in [2.24, 2.45) is 0 Å². The van der Waals surface area contributed by atoms with Gasteiger partial charge in [-0.25, -0.2) is 0 Å². The van der Waals surface area contributed by atoms with E-state index in [4.69, 9.17) is 19.3 Å². The fourth-order valence-corrected chi connectivity index (χ4v) is 3.88. The Balaban J connectivity index is 2.27. The average molecular weight is 313 g/mol. The molecule has 1 heterocycles. The standard InChI is InChI=1S/C14H20NO5P/c1-3-19-21(18,20-4-2)9-10-5-6-12-11(7-10)8-13(15-12)14(16)17/h5-8,14-17H,3-4,9H2,1-2H3. The molecule has 116 valence electrons. The lowest BCUT2D eigenvalue weighted by atomic mass is 10.2. The number of aromatic nitrogens is 1. The average Bonchev–Trinajstić information content (AvgIpc) is 2.82. The summed E-state index contributed by atoms with van der Waals surface area (Å²) < 4.78 is 23.0. The number of aliphatic hydroxyl groups excluding tert-OH is 1. The molecule has 1 aromatic heterocycles. The van der Waals surface area contributed by atoms with Gasteiger partial charge in [-0.15, -0.1) is 0 Å². The lowest BCUT2D eigenvalue weighted by Crippen LogP contribution is -1.99. The number of rotatable bonds is 7. The van der Waals surface area contributed by atoms with Crippen LogP contribution in [0.1, 0.15) is 31.4 Å². The number of hydrogen-bond donors (Lipinski definition) is 3. The third-order valence-corrected chi connectivity index (χ3v) is 5.07. The molecular weight excluding hydrogens is 293 g/mol. The van der Waals surface area contributed by atoms with Gasteiger partial charge < -0.3 is 24.2 Å². The molecule has 0 amide bonds. The molecule has 0 aliphatic carbocycles. The summed E-state index contributed by atoms with van der Waals surface area (Å²) in [6.45, 7) is 4.20. The fraction of sp³-hybridized carbons (Fsp3) is 0.429. The van der Waals surface area contributed by atoms with E-state index in [0.717, 1.165) is 16.5 Å². The Labute approximate surface area is 123 Å². The van der Waals surface area contributed by atoms with Crippen LogP contribution in [-0.4, -0.2) is 28.4 Å². The lowest BCUT2D eigenvalue weighted by Gasteiger charge is -2.16. The zero-order chi connectivity index (χ0) is 15.5. The van der Waals surface area contributed by atoms with Crippen molar-refractivity contribution >= 4 is 18.5 Å². The minimum Gasteiger partial charge on any atom is -0.363 e. The fourth-order valence-electron chi connectivity index (χ4n) is 2.19. The van der Waals surface area contributed by atoms with E-state index in [1.54, 1.807) is 26.0 Å². The maximum Gasteiger partial charge on any atom is 0.335 e. The van der Waals surface area contributed by atoms with Gasteiger partial charge in [0.1, 0.15) is 0 Å². The van der Waals surface area contributed by atoms with Crippen LogP contribution >= 0.6 is 7.60 Å². The summed E-state index contributed by atoms with van der Waals surface area (Å²) >= 11 is 0. The Morgan fingerprint density at radius 1 is 1.19 bits per heavy atom. The molecule has 21 heavy (non-hydrogen) atoms. The molecule has 6 nitrogen and oxygen atoms in total. The van der Waals surface area contributed by atoms with Gasteiger partial charge in [0, 0.05) is 10.9 Å². The molecule has 1 aromatic carbocycles. The van der Waals surface area contributed by atoms with E-state index >= 15 is 0 Å². The first kappa shape index (κ1) is 16.2. The first-order valence-electron chi connectivity index (χ1n) is 6.83. The summed E-state index contributed by atoms with van der Waals surface area (Å²) in [5, 5.41) is 19.1. The molecule has 0 aliphatic heterocycles. The Kier molecular flexibility index (Phi) is 5.19. The molecule has 0 radical (unpaired) electrons. The molecule has 0 spiro atoms. The molecule has 2 aromatic rings. The minimum absolute atomic E-state index is 0.187. The molecule has 0 aliphatic rings. The molecule has 0 saturated carbocycles. The molecule has 0 fully saturated rings. The summed E-state index contributed by atoms with van der Waals surface area (Å²) in [6, 6.07) is 7.11. The highest BCUT2D eigenvalue weighted by molar-refractivity contribution is 7.53. The number of fused-ring (bicyclic) bond motifs is 1. The van der Waals surface area contributed by atoms with Crippen LogP contribution in [-0.2, 0) is 19.8 Å². The Bertz CT molecular complexity index is 642. The zero-order valence-electron chi connectivity index (χ0n) is 12.1. The number of H-pyrrole nitrogens is 1. The molecule has 0 unspecified atom stereocenters. The van der Waals surface area contributed by atoms with Crippen molar-refractivity contribution < 1.29 is 23.8 Å². The van der Waals surface area contributed by atoms with Crippen LogP contribution in [0.3, 0.4) is 0 Å². The molecule has 0 atom stereocenters. The second-order valence-electron chi connectivity index (χ2n) is 4.62. The van der Waals surface area contributed by atoms with E-state index in [0.29, 0.717) is 18.9 Å². The largest absolute Gasteiger partial charge is 0.363 e. The van der Waals surface area contributed by atoms with Crippen molar-refractivity contribution in [1.82, 2.24) is 4.98 Å². The van der Waals surface area contributed by atoms with Crippen molar-refractivity contribution in [2.45, 2.75) is 26.3 Å². The van der Waals surface area contributed by atoms with Crippen LogP contribution in [0, 0.1) is 0 Å². The highest BCUT2D eigenvalue weighted by Crippen LogP contribution is 2.51. The predicted octanol–water partition coefficient (Wildman–Crippen LogP) is 2.92. The second-order valence-corrected chi connectivity index (χ2v) is 6.68. The van der Waals surface area contributed by atoms with Gasteiger partial charge >= 0.3 is 7.60 Å². The number of aromatic amines is 1. The van der Waals surface area contributed by atoms with Gasteiger partial charge in [0.05, 0.1) is 25.1 Å². The first-order chi connectivity index (χ1) is 9.97. The van der Waals surface area contributed by atoms with Crippen LogP contribution in [0.25, 0.3) is 10.9 Å². The zero-order valence-corrected chi connectivity index (χ0v) is 13.0. The van der Waals surface area contributed by atoms with E-state index in [9.17, 15) is 4.57 Å². The van der Waals surface area contributed by atoms with Gasteiger partial charge in [-0.2, -0.15) is 0 Å². The number of nitrogens with one attached hydrogen (secondary N) is 1. The molecule has 0 saturated heterocycles. The summed E-state index contributed by atoms with van der Waals surface area (Å²) in [4.78, 5) is 2.90. The molecule has 0 bridgehead atoms. The Morgan fingerprint density at radius 2 is 1.86 bits per heavy atom. The van der Waals surface area contributed by atoms with Gasteiger partial charge in [-0.3, -0.25) is 4.57 Å². The number of aliphatic hydroxyl groups is 2. The first-order valence-corrected chi connectivity index (χ1v) is 8.56. The maximum atomic E-state index is 12.5. The smallest absolute Gasteiger partial charge is 0.335 e. The van der Waals surface area contributed by atoms with Crippen molar-refractivity contribution in [3.8, 4) is 0 Å². The van der Waals surface area contributed by atoms with Crippen LogP contribution in [0.15, 0.2) is 24.3 Å². The third kappa shape index (κ3) is 3.93. The Hall–Kier alpha value is -1.17.